The number of nitrogens with zero attached hydrogens (tertiary/aromatic N) is 1. The van der Waals surface area contributed by atoms with Crippen LogP contribution < -0.4 is 0 Å². The highest BCUT2D eigenvalue weighted by atomic mass is 19.1. The van der Waals surface area contributed by atoms with Gasteiger partial charge >= 0.3 is 5.97 Å². The van der Waals surface area contributed by atoms with Crippen molar-refractivity contribution < 1.29 is 23.5 Å². The van der Waals surface area contributed by atoms with Crippen LogP contribution in [-0.4, -0.2) is 34.5 Å². The third kappa shape index (κ3) is 4.01. The monoisotopic (exact) mass is 285 g/mol. The molecule has 0 heterocycles. The summed E-state index contributed by atoms with van der Waals surface area (Å²) in [4.78, 5) is 24.0. The van der Waals surface area contributed by atoms with Gasteiger partial charge < -0.3 is 10.0 Å². The van der Waals surface area contributed by atoms with Crippen molar-refractivity contribution in [2.45, 2.75) is 32.7 Å². The molecular formula is C14H17F2NO3. The lowest BCUT2D eigenvalue weighted by Crippen LogP contribution is -2.40. The Morgan fingerprint density at radius 2 is 1.85 bits per heavy atom. The van der Waals surface area contributed by atoms with Gasteiger partial charge in [0.25, 0.3) is 0 Å². The molecule has 110 valence electrons. The molecule has 0 bridgehead atoms. The van der Waals surface area contributed by atoms with Gasteiger partial charge in [0.2, 0.25) is 5.91 Å². The summed E-state index contributed by atoms with van der Waals surface area (Å²) in [6.07, 6.45) is -0.629. The normalized spacial score (nSPS) is 12.0. The molecule has 0 aliphatic heterocycles. The second kappa shape index (κ2) is 6.98. The molecule has 0 radical (unpaired) electrons. The van der Waals surface area contributed by atoms with Crippen molar-refractivity contribution in [3.05, 3.63) is 35.4 Å². The van der Waals surface area contributed by atoms with Crippen molar-refractivity contribution in [3.63, 3.8) is 0 Å². The SMILES string of the molecule is CCN(C(=O)Cc1c(F)cccc1F)C(C)CC(=O)O. The molecule has 4 nitrogen and oxygen atoms in total. The Morgan fingerprint density at radius 1 is 1.30 bits per heavy atom. The largest absolute Gasteiger partial charge is 0.481 e. The molecule has 0 aliphatic carbocycles. The van der Waals surface area contributed by atoms with E-state index in [1.807, 2.05) is 0 Å². The Kier molecular flexibility index (Phi) is 5.61. The maximum absolute atomic E-state index is 13.5. The van der Waals surface area contributed by atoms with Crippen molar-refractivity contribution in [2.24, 2.45) is 0 Å². The molecule has 0 spiro atoms. The fourth-order valence-corrected chi connectivity index (χ4v) is 2.05. The third-order valence-electron chi connectivity index (χ3n) is 3.05. The van der Waals surface area contributed by atoms with Gasteiger partial charge in [0.1, 0.15) is 11.6 Å². The first-order chi connectivity index (χ1) is 9.36. The summed E-state index contributed by atoms with van der Waals surface area (Å²) in [7, 11) is 0. The maximum atomic E-state index is 13.5. The summed E-state index contributed by atoms with van der Waals surface area (Å²) < 4.78 is 27.0. The molecule has 1 unspecified atom stereocenters. The van der Waals surface area contributed by atoms with Gasteiger partial charge in [0, 0.05) is 18.2 Å². The van der Waals surface area contributed by atoms with Crippen molar-refractivity contribution in [1.82, 2.24) is 4.90 Å². The van der Waals surface area contributed by atoms with Gasteiger partial charge in [-0.2, -0.15) is 0 Å². The number of carboxylic acid groups (broad SMARTS) is 1. The lowest BCUT2D eigenvalue weighted by atomic mass is 10.1. The van der Waals surface area contributed by atoms with Crippen LogP contribution in [0.15, 0.2) is 18.2 Å². The molecule has 0 aromatic heterocycles. The summed E-state index contributed by atoms with van der Waals surface area (Å²) in [5.41, 5.74) is -0.293. The molecule has 0 fully saturated rings. The molecule has 1 amide bonds. The Labute approximate surface area is 116 Å². The van der Waals surface area contributed by atoms with E-state index in [1.54, 1.807) is 13.8 Å². The van der Waals surface area contributed by atoms with Crippen LogP contribution in [-0.2, 0) is 16.0 Å². The number of rotatable bonds is 6. The van der Waals surface area contributed by atoms with Gasteiger partial charge in [-0.1, -0.05) is 6.07 Å². The van der Waals surface area contributed by atoms with Gasteiger partial charge in [-0.15, -0.1) is 0 Å². The minimum Gasteiger partial charge on any atom is -0.481 e. The van der Waals surface area contributed by atoms with Crippen LogP contribution in [0, 0.1) is 11.6 Å². The number of amides is 1. The number of halogens is 2. The highest BCUT2D eigenvalue weighted by Gasteiger charge is 2.23. The van der Waals surface area contributed by atoms with E-state index in [0.717, 1.165) is 12.1 Å². The molecule has 1 atom stereocenters. The van der Waals surface area contributed by atoms with Crippen LogP contribution in [0.25, 0.3) is 0 Å². The zero-order valence-electron chi connectivity index (χ0n) is 11.4. The van der Waals surface area contributed by atoms with E-state index in [2.05, 4.69) is 0 Å². The van der Waals surface area contributed by atoms with E-state index in [4.69, 9.17) is 5.11 Å². The fraction of sp³-hybridized carbons (Fsp3) is 0.429. The first-order valence-corrected chi connectivity index (χ1v) is 6.31. The Hall–Kier alpha value is -1.98. The van der Waals surface area contributed by atoms with E-state index < -0.39 is 36.0 Å². The summed E-state index contributed by atoms with van der Waals surface area (Å²) in [5, 5.41) is 8.73. The number of benzene rings is 1. The first-order valence-electron chi connectivity index (χ1n) is 6.31. The van der Waals surface area contributed by atoms with E-state index in [1.165, 1.54) is 11.0 Å². The molecule has 1 aromatic carbocycles. The van der Waals surface area contributed by atoms with Gasteiger partial charge in [-0.05, 0) is 26.0 Å². The van der Waals surface area contributed by atoms with Crippen LogP contribution in [0.1, 0.15) is 25.8 Å². The Bertz CT molecular complexity index is 485. The van der Waals surface area contributed by atoms with Crippen LogP contribution in [0.5, 0.6) is 0 Å². The minimum absolute atomic E-state index is 0.209. The highest BCUT2D eigenvalue weighted by molar-refractivity contribution is 5.80. The molecule has 0 saturated carbocycles. The third-order valence-corrected chi connectivity index (χ3v) is 3.05. The molecule has 1 aromatic rings. The van der Waals surface area contributed by atoms with Crippen molar-refractivity contribution in [2.75, 3.05) is 6.54 Å². The second-order valence-corrected chi connectivity index (χ2v) is 4.50. The topological polar surface area (TPSA) is 57.6 Å². The molecule has 0 saturated heterocycles. The number of carboxylic acids is 1. The van der Waals surface area contributed by atoms with Gasteiger partial charge in [-0.3, -0.25) is 9.59 Å². The molecule has 1 rings (SSSR count). The smallest absolute Gasteiger partial charge is 0.305 e. The molecule has 1 N–H and O–H groups in total. The first kappa shape index (κ1) is 16.1. The fourth-order valence-electron chi connectivity index (χ4n) is 2.05. The van der Waals surface area contributed by atoms with Crippen LogP contribution in [0.2, 0.25) is 0 Å². The van der Waals surface area contributed by atoms with Crippen molar-refractivity contribution in [1.29, 1.82) is 0 Å². The van der Waals surface area contributed by atoms with E-state index in [9.17, 15) is 18.4 Å². The van der Waals surface area contributed by atoms with Crippen LogP contribution >= 0.6 is 0 Å². The summed E-state index contributed by atoms with van der Waals surface area (Å²) in [6, 6.07) is 2.87. The standard InChI is InChI=1S/C14H17F2NO3/c1-3-17(9(2)7-14(19)20)13(18)8-10-11(15)5-4-6-12(10)16/h4-6,9H,3,7-8H2,1-2H3,(H,19,20). The number of carbonyl (C=O) groups excluding carboxylic acids is 1. The van der Waals surface area contributed by atoms with E-state index in [-0.39, 0.29) is 18.5 Å². The number of likely N-dealkylation sites (N-methyl/N-ethyl adjacent to an activating group) is 1. The number of hydrogen-bond donors (Lipinski definition) is 1. The zero-order valence-corrected chi connectivity index (χ0v) is 11.4. The second-order valence-electron chi connectivity index (χ2n) is 4.50. The van der Waals surface area contributed by atoms with Crippen molar-refractivity contribution in [3.8, 4) is 0 Å². The quantitative estimate of drug-likeness (QED) is 0.872. The Balaban J connectivity index is 2.85. The lowest BCUT2D eigenvalue weighted by molar-refractivity contribution is -0.140. The van der Waals surface area contributed by atoms with E-state index in [0.29, 0.717) is 0 Å². The molecule has 0 aliphatic rings. The predicted octanol–water partition coefficient (Wildman–Crippen LogP) is 2.22. The average molecular weight is 285 g/mol. The number of aliphatic carboxylic acids is 1. The van der Waals surface area contributed by atoms with Crippen LogP contribution in [0.4, 0.5) is 8.78 Å². The lowest BCUT2D eigenvalue weighted by Gasteiger charge is -2.27. The maximum Gasteiger partial charge on any atom is 0.305 e. The van der Waals surface area contributed by atoms with E-state index >= 15 is 0 Å². The predicted molar refractivity (Wildman–Crippen MR) is 69.2 cm³/mol. The number of carbonyl (C=O) groups is 2. The minimum atomic E-state index is -1.03. The Morgan fingerprint density at radius 3 is 2.30 bits per heavy atom. The molecule has 6 heteroatoms. The van der Waals surface area contributed by atoms with Crippen molar-refractivity contribution >= 4 is 11.9 Å². The number of hydrogen-bond acceptors (Lipinski definition) is 2. The zero-order chi connectivity index (χ0) is 15.3. The highest BCUT2D eigenvalue weighted by Crippen LogP contribution is 2.15. The summed E-state index contributed by atoms with van der Waals surface area (Å²) >= 11 is 0. The summed E-state index contributed by atoms with van der Waals surface area (Å²) in [5.74, 6) is -3.08. The van der Waals surface area contributed by atoms with Crippen LogP contribution in [0.3, 0.4) is 0 Å². The average Bonchev–Trinajstić information content (AvgIpc) is 2.34. The molecule has 20 heavy (non-hydrogen) atoms. The molecular weight excluding hydrogens is 268 g/mol. The van der Waals surface area contributed by atoms with Gasteiger partial charge in [0.15, 0.2) is 0 Å². The van der Waals surface area contributed by atoms with Gasteiger partial charge in [0.05, 0.1) is 12.8 Å². The summed E-state index contributed by atoms with van der Waals surface area (Å²) in [6.45, 7) is 3.56. The van der Waals surface area contributed by atoms with Gasteiger partial charge in [-0.25, -0.2) is 8.78 Å².